The molecular formula is C10H8BrF2NO2. The highest BCUT2D eigenvalue weighted by atomic mass is 79.9. The van der Waals surface area contributed by atoms with E-state index in [2.05, 4.69) is 26.0 Å². The third kappa shape index (κ3) is 3.03. The molecule has 6 heteroatoms. The molecule has 0 aromatic heterocycles. The number of ether oxygens (including phenoxy) is 1. The standard InChI is InChI=1S/C10H8BrF2NO2/c1-16-5-7(12)10(15)14-8-4-2-3-6(11)9(8)13/h2-5H,1H3,(H,14,15). The summed E-state index contributed by atoms with van der Waals surface area (Å²) in [7, 11) is 1.20. The van der Waals surface area contributed by atoms with Crippen LogP contribution in [0.25, 0.3) is 0 Å². The SMILES string of the molecule is COC=C(F)C(=O)Nc1cccc(Br)c1F. The van der Waals surface area contributed by atoms with Gasteiger partial charge in [0.15, 0.2) is 5.82 Å². The lowest BCUT2D eigenvalue weighted by Crippen LogP contribution is -2.13. The van der Waals surface area contributed by atoms with E-state index in [-0.39, 0.29) is 10.2 Å². The molecule has 1 amide bonds. The Morgan fingerprint density at radius 1 is 1.56 bits per heavy atom. The smallest absolute Gasteiger partial charge is 0.287 e. The number of carbonyl (C=O) groups is 1. The topological polar surface area (TPSA) is 38.3 Å². The van der Waals surface area contributed by atoms with Gasteiger partial charge in [0.25, 0.3) is 5.91 Å². The van der Waals surface area contributed by atoms with Crippen LogP contribution in [0.15, 0.2) is 34.8 Å². The molecular weight excluding hydrogens is 284 g/mol. The van der Waals surface area contributed by atoms with Crippen molar-refractivity contribution in [3.63, 3.8) is 0 Å². The van der Waals surface area contributed by atoms with Crippen LogP contribution < -0.4 is 5.32 Å². The van der Waals surface area contributed by atoms with Gasteiger partial charge in [-0.2, -0.15) is 4.39 Å². The lowest BCUT2D eigenvalue weighted by atomic mass is 10.3. The van der Waals surface area contributed by atoms with Gasteiger partial charge in [-0.15, -0.1) is 0 Å². The molecule has 0 aliphatic carbocycles. The molecule has 0 saturated carbocycles. The molecule has 0 unspecified atom stereocenters. The summed E-state index contributed by atoms with van der Waals surface area (Å²) in [6.45, 7) is 0. The molecule has 1 aromatic carbocycles. The number of methoxy groups -OCH3 is 1. The van der Waals surface area contributed by atoms with Crippen LogP contribution in [0.1, 0.15) is 0 Å². The van der Waals surface area contributed by atoms with E-state index in [1.165, 1.54) is 25.3 Å². The summed E-state index contributed by atoms with van der Waals surface area (Å²) in [4.78, 5) is 11.1. The molecule has 0 heterocycles. The Labute approximate surface area is 99.2 Å². The maximum absolute atomic E-state index is 13.4. The molecule has 0 saturated heterocycles. The number of nitrogens with one attached hydrogen (secondary N) is 1. The Morgan fingerprint density at radius 3 is 2.88 bits per heavy atom. The largest absolute Gasteiger partial charge is 0.501 e. The number of benzene rings is 1. The van der Waals surface area contributed by atoms with Crippen LogP contribution in [-0.2, 0) is 9.53 Å². The second-order valence-electron chi connectivity index (χ2n) is 2.76. The maximum atomic E-state index is 13.4. The molecule has 0 bridgehead atoms. The van der Waals surface area contributed by atoms with Gasteiger partial charge in [-0.25, -0.2) is 4.39 Å². The molecule has 3 nitrogen and oxygen atoms in total. The van der Waals surface area contributed by atoms with Crippen molar-refractivity contribution in [3.8, 4) is 0 Å². The first-order chi connectivity index (χ1) is 7.56. The lowest BCUT2D eigenvalue weighted by molar-refractivity contribution is -0.114. The van der Waals surface area contributed by atoms with Crippen molar-refractivity contribution >= 4 is 27.5 Å². The highest BCUT2D eigenvalue weighted by Crippen LogP contribution is 2.22. The fourth-order valence-corrected chi connectivity index (χ4v) is 1.31. The Morgan fingerprint density at radius 2 is 2.25 bits per heavy atom. The Kier molecular flexibility index (Phi) is 4.42. The van der Waals surface area contributed by atoms with Gasteiger partial charge in [-0.1, -0.05) is 6.07 Å². The van der Waals surface area contributed by atoms with E-state index in [4.69, 9.17) is 0 Å². The zero-order valence-electron chi connectivity index (χ0n) is 8.26. The molecule has 0 spiro atoms. The predicted octanol–water partition coefficient (Wildman–Crippen LogP) is 2.98. The van der Waals surface area contributed by atoms with Crippen LogP contribution in [0.2, 0.25) is 0 Å². The van der Waals surface area contributed by atoms with Crippen molar-refractivity contribution in [2.45, 2.75) is 0 Å². The van der Waals surface area contributed by atoms with E-state index < -0.39 is 17.6 Å². The van der Waals surface area contributed by atoms with Gasteiger partial charge in [-0.3, -0.25) is 4.79 Å². The first-order valence-corrected chi connectivity index (χ1v) is 4.99. The highest BCUT2D eigenvalue weighted by molar-refractivity contribution is 9.10. The van der Waals surface area contributed by atoms with E-state index in [1.807, 2.05) is 0 Å². The van der Waals surface area contributed by atoms with Gasteiger partial charge in [0, 0.05) is 0 Å². The molecule has 0 aliphatic rings. The lowest BCUT2D eigenvalue weighted by Gasteiger charge is -2.05. The Hall–Kier alpha value is -1.43. The quantitative estimate of drug-likeness (QED) is 0.687. The van der Waals surface area contributed by atoms with Crippen molar-refractivity contribution in [3.05, 3.63) is 40.6 Å². The molecule has 0 aliphatic heterocycles. The first-order valence-electron chi connectivity index (χ1n) is 4.20. The normalized spacial score (nSPS) is 11.1. The molecule has 1 N–H and O–H groups in total. The van der Waals surface area contributed by atoms with Crippen LogP contribution in [-0.4, -0.2) is 13.0 Å². The van der Waals surface area contributed by atoms with E-state index in [9.17, 15) is 13.6 Å². The predicted molar refractivity (Wildman–Crippen MR) is 58.9 cm³/mol. The molecule has 0 fully saturated rings. The Balaban J connectivity index is 2.85. The van der Waals surface area contributed by atoms with E-state index >= 15 is 0 Å². The second-order valence-corrected chi connectivity index (χ2v) is 3.61. The fraction of sp³-hybridized carbons (Fsp3) is 0.100. The van der Waals surface area contributed by atoms with Crippen LogP contribution in [0.3, 0.4) is 0 Å². The third-order valence-corrected chi connectivity index (χ3v) is 2.25. The minimum Gasteiger partial charge on any atom is -0.501 e. The van der Waals surface area contributed by atoms with Crippen LogP contribution >= 0.6 is 15.9 Å². The summed E-state index contributed by atoms with van der Waals surface area (Å²) < 4.78 is 30.8. The Bertz CT molecular complexity index is 435. The van der Waals surface area contributed by atoms with Crippen molar-refractivity contribution in [1.29, 1.82) is 0 Å². The van der Waals surface area contributed by atoms with Crippen LogP contribution in [0, 0.1) is 5.82 Å². The van der Waals surface area contributed by atoms with Gasteiger partial charge < -0.3 is 10.1 Å². The summed E-state index contributed by atoms with van der Waals surface area (Å²) in [5, 5.41) is 2.07. The summed E-state index contributed by atoms with van der Waals surface area (Å²) in [5.41, 5.74) is -0.112. The molecule has 0 atom stereocenters. The minimum atomic E-state index is -1.14. The average Bonchev–Trinajstić information content (AvgIpc) is 2.25. The zero-order valence-corrected chi connectivity index (χ0v) is 9.85. The van der Waals surface area contributed by atoms with E-state index in [0.29, 0.717) is 6.26 Å². The van der Waals surface area contributed by atoms with E-state index in [1.54, 1.807) is 0 Å². The molecule has 0 radical (unpaired) electrons. The monoisotopic (exact) mass is 291 g/mol. The number of hydrogen-bond donors (Lipinski definition) is 1. The fourth-order valence-electron chi connectivity index (χ4n) is 0.939. The number of hydrogen-bond acceptors (Lipinski definition) is 2. The second kappa shape index (κ2) is 5.60. The summed E-state index contributed by atoms with van der Waals surface area (Å²) in [6, 6.07) is 4.30. The van der Waals surface area contributed by atoms with Gasteiger partial charge in [-0.05, 0) is 28.1 Å². The third-order valence-electron chi connectivity index (χ3n) is 1.64. The molecule has 16 heavy (non-hydrogen) atoms. The van der Waals surface area contributed by atoms with Crippen molar-refractivity contribution in [1.82, 2.24) is 0 Å². The van der Waals surface area contributed by atoms with Crippen LogP contribution in [0.5, 0.6) is 0 Å². The van der Waals surface area contributed by atoms with Gasteiger partial charge in [0.2, 0.25) is 5.83 Å². The summed E-state index contributed by atoms with van der Waals surface area (Å²) in [6.07, 6.45) is 0.630. The van der Waals surface area contributed by atoms with Gasteiger partial charge in [0.1, 0.15) is 6.26 Å². The molecule has 86 valence electrons. The maximum Gasteiger partial charge on any atom is 0.287 e. The van der Waals surface area contributed by atoms with Crippen molar-refractivity contribution < 1.29 is 18.3 Å². The summed E-state index contributed by atoms with van der Waals surface area (Å²) >= 11 is 2.94. The zero-order chi connectivity index (χ0) is 12.1. The number of halogens is 3. The minimum absolute atomic E-state index is 0.112. The highest BCUT2D eigenvalue weighted by Gasteiger charge is 2.13. The molecule has 1 aromatic rings. The van der Waals surface area contributed by atoms with Crippen molar-refractivity contribution in [2.75, 3.05) is 12.4 Å². The molecule has 1 rings (SSSR count). The number of carbonyl (C=O) groups excluding carboxylic acids is 1. The van der Waals surface area contributed by atoms with Crippen LogP contribution in [0.4, 0.5) is 14.5 Å². The average molecular weight is 292 g/mol. The van der Waals surface area contributed by atoms with Gasteiger partial charge >= 0.3 is 0 Å². The van der Waals surface area contributed by atoms with Gasteiger partial charge in [0.05, 0.1) is 17.3 Å². The number of amides is 1. The number of anilines is 1. The van der Waals surface area contributed by atoms with E-state index in [0.717, 1.165) is 0 Å². The summed E-state index contributed by atoms with van der Waals surface area (Å²) in [5.74, 6) is -2.87. The number of rotatable bonds is 3. The first kappa shape index (κ1) is 12.6. The van der Waals surface area contributed by atoms with Crippen molar-refractivity contribution in [2.24, 2.45) is 0 Å².